The lowest BCUT2D eigenvalue weighted by atomic mass is 9.99. The molecule has 0 aliphatic heterocycles. The second kappa shape index (κ2) is 5.90. The van der Waals surface area contributed by atoms with E-state index in [1.54, 1.807) is 7.11 Å². The van der Waals surface area contributed by atoms with Crippen molar-refractivity contribution >= 4 is 26.7 Å². The summed E-state index contributed by atoms with van der Waals surface area (Å²) in [6.07, 6.45) is 0. The predicted octanol–water partition coefficient (Wildman–Crippen LogP) is 5.64. The summed E-state index contributed by atoms with van der Waals surface area (Å²) in [4.78, 5) is 0.122. The van der Waals surface area contributed by atoms with Crippen LogP contribution in [0, 0.1) is 6.92 Å². The summed E-state index contributed by atoms with van der Waals surface area (Å²) in [6, 6.07) is 21.3. The molecule has 0 fully saturated rings. The normalized spacial score (nSPS) is 12.3. The van der Waals surface area contributed by atoms with Crippen molar-refractivity contribution in [3.05, 3.63) is 77.4 Å². The summed E-state index contributed by atoms with van der Waals surface area (Å²) in [5.41, 5.74) is 3.63. The molecule has 0 amide bonds. The average Bonchev–Trinajstić information content (AvgIpc) is 2.53. The van der Waals surface area contributed by atoms with Gasteiger partial charge in [-0.15, -0.1) is 0 Å². The van der Waals surface area contributed by atoms with Gasteiger partial charge in [-0.25, -0.2) is 0 Å². The maximum atomic E-state index is 5.50. The van der Waals surface area contributed by atoms with Crippen molar-refractivity contribution in [2.45, 2.75) is 11.8 Å². The molecule has 1 unspecified atom stereocenters. The quantitative estimate of drug-likeness (QED) is 0.560. The van der Waals surface area contributed by atoms with Crippen LogP contribution in [0.1, 0.15) is 21.5 Å². The zero-order valence-electron chi connectivity index (χ0n) is 12.1. The number of methoxy groups -OCH3 is 1. The van der Waals surface area contributed by atoms with E-state index in [0.717, 1.165) is 11.3 Å². The van der Waals surface area contributed by atoms with E-state index in [9.17, 15) is 0 Å². The summed E-state index contributed by atoms with van der Waals surface area (Å²) >= 11 is 3.83. The van der Waals surface area contributed by atoms with Crippen LogP contribution in [-0.4, -0.2) is 7.11 Å². The number of alkyl halides is 1. The van der Waals surface area contributed by atoms with Gasteiger partial charge in [0.25, 0.3) is 0 Å². The molecule has 106 valence electrons. The fraction of sp³-hybridized carbons (Fsp3) is 0.158. The zero-order chi connectivity index (χ0) is 14.8. The Morgan fingerprint density at radius 3 is 2.43 bits per heavy atom. The summed E-state index contributed by atoms with van der Waals surface area (Å²) < 4.78 is 5.50. The number of hydrogen-bond acceptors (Lipinski definition) is 1. The third-order valence-corrected chi connectivity index (χ3v) is 4.75. The van der Waals surface area contributed by atoms with Crippen LogP contribution < -0.4 is 4.74 Å². The van der Waals surface area contributed by atoms with E-state index < -0.39 is 0 Å². The van der Waals surface area contributed by atoms with Gasteiger partial charge in [0.2, 0.25) is 0 Å². The van der Waals surface area contributed by atoms with Crippen molar-refractivity contribution in [2.75, 3.05) is 7.11 Å². The van der Waals surface area contributed by atoms with Crippen molar-refractivity contribution in [1.29, 1.82) is 0 Å². The Bertz CT molecular complexity index is 779. The molecular formula is C19H17BrO. The van der Waals surface area contributed by atoms with Crippen LogP contribution >= 0.6 is 15.9 Å². The highest BCUT2D eigenvalue weighted by atomic mass is 79.9. The molecule has 21 heavy (non-hydrogen) atoms. The highest BCUT2D eigenvalue weighted by molar-refractivity contribution is 9.09. The van der Waals surface area contributed by atoms with Gasteiger partial charge >= 0.3 is 0 Å². The Kier molecular flexibility index (Phi) is 3.98. The van der Waals surface area contributed by atoms with Gasteiger partial charge in [0.15, 0.2) is 0 Å². The molecule has 3 aromatic carbocycles. The Morgan fingerprint density at radius 2 is 1.67 bits per heavy atom. The molecule has 0 aliphatic rings. The molecule has 3 rings (SSSR count). The van der Waals surface area contributed by atoms with Gasteiger partial charge in [-0.2, -0.15) is 0 Å². The van der Waals surface area contributed by atoms with E-state index in [0.29, 0.717) is 0 Å². The van der Waals surface area contributed by atoms with Crippen molar-refractivity contribution in [3.8, 4) is 5.75 Å². The lowest BCUT2D eigenvalue weighted by Crippen LogP contribution is -1.98. The van der Waals surface area contributed by atoms with Crippen LogP contribution in [0.2, 0.25) is 0 Å². The molecule has 0 heterocycles. The van der Waals surface area contributed by atoms with E-state index in [1.807, 2.05) is 6.07 Å². The van der Waals surface area contributed by atoms with E-state index in [4.69, 9.17) is 4.74 Å². The molecule has 0 aromatic heterocycles. The van der Waals surface area contributed by atoms with Crippen molar-refractivity contribution in [2.24, 2.45) is 0 Å². The fourth-order valence-electron chi connectivity index (χ4n) is 2.60. The van der Waals surface area contributed by atoms with Crippen LogP contribution in [0.15, 0.2) is 60.7 Å². The Balaban J connectivity index is 2.07. The van der Waals surface area contributed by atoms with Gasteiger partial charge in [-0.3, -0.25) is 0 Å². The SMILES string of the molecule is COc1ccc(C)cc1C(Br)c1ccc2ccccc2c1. The van der Waals surface area contributed by atoms with E-state index in [-0.39, 0.29) is 4.83 Å². The van der Waals surface area contributed by atoms with Crippen LogP contribution in [0.4, 0.5) is 0 Å². The molecule has 3 aromatic rings. The standard InChI is InChI=1S/C19H17BrO/c1-13-7-10-18(21-2)17(11-13)19(20)16-9-8-14-5-3-4-6-15(14)12-16/h3-12,19H,1-2H3. The first-order valence-electron chi connectivity index (χ1n) is 6.96. The molecule has 0 N–H and O–H groups in total. The van der Waals surface area contributed by atoms with Crippen molar-refractivity contribution in [1.82, 2.24) is 0 Å². The minimum atomic E-state index is 0.122. The molecule has 0 aliphatic carbocycles. The summed E-state index contributed by atoms with van der Waals surface area (Å²) in [5.74, 6) is 0.913. The molecule has 0 saturated heterocycles. The summed E-state index contributed by atoms with van der Waals surface area (Å²) in [5, 5.41) is 2.52. The van der Waals surface area contributed by atoms with E-state index in [2.05, 4.69) is 77.5 Å². The number of benzene rings is 3. The molecule has 0 radical (unpaired) electrons. The number of ether oxygens (including phenoxy) is 1. The molecule has 1 atom stereocenters. The minimum Gasteiger partial charge on any atom is -0.496 e. The van der Waals surface area contributed by atoms with Gasteiger partial charge < -0.3 is 4.74 Å². The fourth-order valence-corrected chi connectivity index (χ4v) is 3.24. The average molecular weight is 341 g/mol. The first-order chi connectivity index (χ1) is 10.2. The third kappa shape index (κ3) is 2.81. The Labute approximate surface area is 133 Å². The molecular weight excluding hydrogens is 324 g/mol. The molecule has 0 spiro atoms. The van der Waals surface area contributed by atoms with Crippen LogP contribution in [0.3, 0.4) is 0 Å². The van der Waals surface area contributed by atoms with Gasteiger partial charge in [-0.05, 0) is 35.4 Å². The van der Waals surface area contributed by atoms with Gasteiger partial charge in [0.1, 0.15) is 5.75 Å². The smallest absolute Gasteiger partial charge is 0.123 e. The maximum absolute atomic E-state index is 5.50. The lowest BCUT2D eigenvalue weighted by Gasteiger charge is -2.16. The molecule has 0 saturated carbocycles. The van der Waals surface area contributed by atoms with Gasteiger partial charge in [0.05, 0.1) is 11.9 Å². The lowest BCUT2D eigenvalue weighted by molar-refractivity contribution is 0.410. The first kappa shape index (κ1) is 14.2. The minimum absolute atomic E-state index is 0.122. The first-order valence-corrected chi connectivity index (χ1v) is 7.88. The van der Waals surface area contributed by atoms with Crippen molar-refractivity contribution < 1.29 is 4.74 Å². The molecule has 2 heteroatoms. The van der Waals surface area contributed by atoms with Crippen LogP contribution in [0.5, 0.6) is 5.75 Å². The number of hydrogen-bond donors (Lipinski definition) is 0. The Morgan fingerprint density at radius 1 is 0.905 bits per heavy atom. The van der Waals surface area contributed by atoms with Crippen molar-refractivity contribution in [3.63, 3.8) is 0 Å². The summed E-state index contributed by atoms with van der Waals surface area (Å²) in [6.45, 7) is 2.10. The van der Waals surface area contributed by atoms with Crippen LogP contribution in [0.25, 0.3) is 10.8 Å². The largest absolute Gasteiger partial charge is 0.496 e. The van der Waals surface area contributed by atoms with E-state index >= 15 is 0 Å². The van der Waals surface area contributed by atoms with E-state index in [1.165, 1.54) is 21.9 Å². The zero-order valence-corrected chi connectivity index (χ0v) is 13.7. The molecule has 0 bridgehead atoms. The number of fused-ring (bicyclic) bond motifs is 1. The maximum Gasteiger partial charge on any atom is 0.123 e. The van der Waals surface area contributed by atoms with Gasteiger partial charge in [0, 0.05) is 5.56 Å². The summed E-state index contributed by atoms with van der Waals surface area (Å²) in [7, 11) is 1.72. The number of rotatable bonds is 3. The second-order valence-electron chi connectivity index (χ2n) is 5.21. The highest BCUT2D eigenvalue weighted by Crippen LogP contribution is 2.38. The predicted molar refractivity (Wildman–Crippen MR) is 92.4 cm³/mol. The second-order valence-corrected chi connectivity index (χ2v) is 6.13. The monoisotopic (exact) mass is 340 g/mol. The highest BCUT2D eigenvalue weighted by Gasteiger charge is 2.15. The topological polar surface area (TPSA) is 9.23 Å². The number of aryl methyl sites for hydroxylation is 1. The van der Waals surface area contributed by atoms with Crippen LogP contribution in [-0.2, 0) is 0 Å². The number of halogens is 1. The van der Waals surface area contributed by atoms with Gasteiger partial charge in [-0.1, -0.05) is 70.0 Å². The third-order valence-electron chi connectivity index (χ3n) is 3.72. The molecule has 1 nitrogen and oxygen atoms in total. The Hall–Kier alpha value is -1.80.